The zero-order valence-corrected chi connectivity index (χ0v) is 13.3. The molecule has 126 valence electrons. The van der Waals surface area contributed by atoms with Gasteiger partial charge in [-0.2, -0.15) is 0 Å². The van der Waals surface area contributed by atoms with E-state index in [9.17, 15) is 20.0 Å². The molecule has 0 aliphatic heterocycles. The fourth-order valence-electron chi connectivity index (χ4n) is 2.84. The molecule has 0 heterocycles. The van der Waals surface area contributed by atoms with Crippen molar-refractivity contribution in [2.24, 2.45) is 5.92 Å². The van der Waals surface area contributed by atoms with Crippen molar-refractivity contribution in [3.8, 4) is 5.75 Å². The Kier molecular flexibility index (Phi) is 5.54. The third-order valence-electron chi connectivity index (χ3n) is 4.09. The molecular weight excluding hydrogens is 300 g/mol. The van der Waals surface area contributed by atoms with E-state index in [1.807, 2.05) is 0 Å². The van der Waals surface area contributed by atoms with Crippen LogP contribution in [-0.2, 0) is 9.53 Å². The number of aromatic hydroxyl groups is 1. The van der Waals surface area contributed by atoms with Crippen molar-refractivity contribution < 1.29 is 19.6 Å². The van der Waals surface area contributed by atoms with Gasteiger partial charge in [0.25, 0.3) is 5.91 Å². The number of nitrogens with zero attached hydrogens (tertiary/aromatic N) is 1. The summed E-state index contributed by atoms with van der Waals surface area (Å²) in [5, 5.41) is 22.8. The quantitative estimate of drug-likeness (QED) is 0.492. The number of hydrogen-bond donors (Lipinski definition) is 2. The number of nitrogens with one attached hydrogen (secondary N) is 1. The Hall–Kier alpha value is -2.15. The molecule has 7 nitrogen and oxygen atoms in total. The van der Waals surface area contributed by atoms with Gasteiger partial charge in [-0.05, 0) is 37.8 Å². The van der Waals surface area contributed by atoms with E-state index in [1.165, 1.54) is 18.6 Å². The molecule has 0 aromatic heterocycles. The number of phenolic OH excluding ortho intramolecular Hbond substituents is 1. The third kappa shape index (κ3) is 4.66. The largest absolute Gasteiger partial charge is 0.502 e. The minimum Gasteiger partial charge on any atom is -0.502 e. The molecule has 1 aromatic carbocycles. The fraction of sp³-hybridized carbons (Fsp3) is 0.562. The standard InChI is InChI=1S/C16H22N2O5/c1-10-4-3-5-13(8-10)23-11(2)16(20)17-12-6-7-15(19)14(9-12)18(21)22/h6-7,9-11,13,19H,3-5,8H2,1-2H3,(H,17,20)/t10-,11+,13+/m1/s1. The van der Waals surface area contributed by atoms with Crippen LogP contribution in [0.3, 0.4) is 0 Å². The number of phenols is 1. The number of carbonyl (C=O) groups is 1. The molecule has 3 atom stereocenters. The lowest BCUT2D eigenvalue weighted by Gasteiger charge is -2.28. The number of amides is 1. The van der Waals surface area contributed by atoms with Crippen molar-refractivity contribution in [1.82, 2.24) is 0 Å². The molecule has 0 bridgehead atoms. The Morgan fingerprint density at radius 3 is 2.87 bits per heavy atom. The smallest absolute Gasteiger partial charge is 0.312 e. The van der Waals surface area contributed by atoms with Crippen LogP contribution < -0.4 is 5.32 Å². The van der Waals surface area contributed by atoms with E-state index < -0.39 is 22.5 Å². The van der Waals surface area contributed by atoms with Gasteiger partial charge < -0.3 is 15.2 Å². The number of ether oxygens (including phenoxy) is 1. The number of rotatable bonds is 5. The molecule has 0 spiro atoms. The lowest BCUT2D eigenvalue weighted by atomic mass is 9.88. The van der Waals surface area contributed by atoms with Gasteiger partial charge in [-0.3, -0.25) is 14.9 Å². The van der Waals surface area contributed by atoms with Crippen LogP contribution >= 0.6 is 0 Å². The number of anilines is 1. The van der Waals surface area contributed by atoms with E-state index in [1.54, 1.807) is 6.92 Å². The highest BCUT2D eigenvalue weighted by molar-refractivity contribution is 5.94. The van der Waals surface area contributed by atoms with Gasteiger partial charge in [-0.1, -0.05) is 19.8 Å². The Morgan fingerprint density at radius 2 is 2.22 bits per heavy atom. The van der Waals surface area contributed by atoms with Gasteiger partial charge in [0.05, 0.1) is 11.0 Å². The number of benzene rings is 1. The van der Waals surface area contributed by atoms with Gasteiger partial charge >= 0.3 is 5.69 Å². The normalized spacial score (nSPS) is 22.3. The topological polar surface area (TPSA) is 102 Å². The molecule has 1 aromatic rings. The molecule has 0 saturated heterocycles. The molecular formula is C16H22N2O5. The molecule has 1 fully saturated rings. The first-order chi connectivity index (χ1) is 10.9. The summed E-state index contributed by atoms with van der Waals surface area (Å²) in [5.74, 6) is -0.194. The fourth-order valence-corrected chi connectivity index (χ4v) is 2.84. The average molecular weight is 322 g/mol. The number of nitro groups is 1. The highest BCUT2D eigenvalue weighted by atomic mass is 16.6. The molecule has 2 N–H and O–H groups in total. The second-order valence-corrected chi connectivity index (χ2v) is 6.12. The number of carbonyl (C=O) groups excluding carboxylic acids is 1. The molecule has 1 amide bonds. The van der Waals surface area contributed by atoms with Crippen LogP contribution in [0.4, 0.5) is 11.4 Å². The third-order valence-corrected chi connectivity index (χ3v) is 4.09. The second kappa shape index (κ2) is 7.41. The summed E-state index contributed by atoms with van der Waals surface area (Å²) in [7, 11) is 0. The van der Waals surface area contributed by atoms with Crippen LogP contribution in [-0.4, -0.2) is 28.1 Å². The molecule has 0 radical (unpaired) electrons. The van der Waals surface area contributed by atoms with Crippen LogP contribution in [0.25, 0.3) is 0 Å². The first-order valence-corrected chi connectivity index (χ1v) is 7.80. The van der Waals surface area contributed by atoms with Crippen molar-refractivity contribution in [2.45, 2.75) is 51.7 Å². The monoisotopic (exact) mass is 322 g/mol. The summed E-state index contributed by atoms with van der Waals surface area (Å²) in [6.07, 6.45) is 3.63. The highest BCUT2D eigenvalue weighted by Crippen LogP contribution is 2.29. The lowest BCUT2D eigenvalue weighted by molar-refractivity contribution is -0.385. The van der Waals surface area contributed by atoms with Gasteiger partial charge in [-0.25, -0.2) is 0 Å². The molecule has 1 saturated carbocycles. The van der Waals surface area contributed by atoms with Gasteiger partial charge in [0.2, 0.25) is 0 Å². The maximum atomic E-state index is 12.2. The van der Waals surface area contributed by atoms with E-state index in [0.29, 0.717) is 5.92 Å². The molecule has 1 aliphatic rings. The summed E-state index contributed by atoms with van der Waals surface area (Å²) in [5.41, 5.74) is -0.190. The number of hydrogen-bond acceptors (Lipinski definition) is 5. The Balaban J connectivity index is 1.95. The Labute approximate surface area is 134 Å². The van der Waals surface area contributed by atoms with Crippen LogP contribution in [0.15, 0.2) is 18.2 Å². The molecule has 1 aliphatic carbocycles. The zero-order valence-electron chi connectivity index (χ0n) is 13.3. The predicted molar refractivity (Wildman–Crippen MR) is 85.4 cm³/mol. The van der Waals surface area contributed by atoms with E-state index in [4.69, 9.17) is 4.74 Å². The average Bonchev–Trinajstić information content (AvgIpc) is 2.48. The van der Waals surface area contributed by atoms with Gasteiger partial charge in [0.1, 0.15) is 6.10 Å². The minimum absolute atomic E-state index is 0.0775. The molecule has 7 heteroatoms. The SMILES string of the molecule is C[C@@H]1CCC[C@H](O[C@@H](C)C(=O)Nc2ccc(O)c([N+](=O)[O-])c2)C1. The maximum Gasteiger partial charge on any atom is 0.312 e. The van der Waals surface area contributed by atoms with E-state index in [-0.39, 0.29) is 17.7 Å². The van der Waals surface area contributed by atoms with E-state index in [0.717, 1.165) is 25.3 Å². The molecule has 23 heavy (non-hydrogen) atoms. The Bertz CT molecular complexity index is 590. The van der Waals surface area contributed by atoms with Crippen LogP contribution in [0.1, 0.15) is 39.5 Å². The predicted octanol–water partition coefficient (Wildman–Crippen LogP) is 3.22. The van der Waals surface area contributed by atoms with E-state index in [2.05, 4.69) is 12.2 Å². The van der Waals surface area contributed by atoms with Gasteiger partial charge in [0.15, 0.2) is 5.75 Å². The Morgan fingerprint density at radius 1 is 1.48 bits per heavy atom. The van der Waals surface area contributed by atoms with Crippen LogP contribution in [0.5, 0.6) is 5.75 Å². The minimum atomic E-state index is -0.700. The maximum absolute atomic E-state index is 12.2. The van der Waals surface area contributed by atoms with Crippen molar-refractivity contribution in [2.75, 3.05) is 5.32 Å². The first kappa shape index (κ1) is 17.2. The van der Waals surface area contributed by atoms with Crippen molar-refractivity contribution in [3.63, 3.8) is 0 Å². The summed E-state index contributed by atoms with van der Waals surface area (Å²) < 4.78 is 5.80. The van der Waals surface area contributed by atoms with Gasteiger partial charge in [-0.15, -0.1) is 0 Å². The van der Waals surface area contributed by atoms with Crippen LogP contribution in [0.2, 0.25) is 0 Å². The highest BCUT2D eigenvalue weighted by Gasteiger charge is 2.24. The van der Waals surface area contributed by atoms with Crippen molar-refractivity contribution in [3.05, 3.63) is 28.3 Å². The zero-order chi connectivity index (χ0) is 17.0. The number of nitro benzene ring substituents is 1. The van der Waals surface area contributed by atoms with E-state index >= 15 is 0 Å². The molecule has 2 rings (SSSR count). The summed E-state index contributed by atoms with van der Waals surface area (Å²) >= 11 is 0. The lowest BCUT2D eigenvalue weighted by Crippen LogP contribution is -2.33. The molecule has 0 unspecified atom stereocenters. The van der Waals surface area contributed by atoms with Crippen LogP contribution in [0, 0.1) is 16.0 Å². The van der Waals surface area contributed by atoms with Crippen molar-refractivity contribution in [1.29, 1.82) is 0 Å². The van der Waals surface area contributed by atoms with Crippen molar-refractivity contribution >= 4 is 17.3 Å². The first-order valence-electron chi connectivity index (χ1n) is 7.80. The van der Waals surface area contributed by atoms with Gasteiger partial charge in [0, 0.05) is 11.8 Å². The summed E-state index contributed by atoms with van der Waals surface area (Å²) in [6, 6.07) is 3.72. The summed E-state index contributed by atoms with van der Waals surface area (Å²) in [4.78, 5) is 22.3. The summed E-state index contributed by atoms with van der Waals surface area (Å²) in [6.45, 7) is 3.85. The second-order valence-electron chi connectivity index (χ2n) is 6.12.